The van der Waals surface area contributed by atoms with Crippen LogP contribution in [0.3, 0.4) is 0 Å². The lowest BCUT2D eigenvalue weighted by molar-refractivity contribution is -0.163. The van der Waals surface area contributed by atoms with Crippen LogP contribution in [0.4, 0.5) is 0 Å². The predicted molar refractivity (Wildman–Crippen MR) is 297 cm³/mol. The second kappa shape index (κ2) is 57.9. The summed E-state index contributed by atoms with van der Waals surface area (Å²) >= 11 is 0. The number of ether oxygens (including phenoxy) is 3. The van der Waals surface area contributed by atoms with Gasteiger partial charge in [-0.25, -0.2) is 0 Å². The Bertz CT molecular complexity index is 1340. The van der Waals surface area contributed by atoms with E-state index in [1.165, 1.54) is 122 Å². The van der Waals surface area contributed by atoms with Crippen LogP contribution in [0.15, 0.2) is 109 Å². The van der Waals surface area contributed by atoms with Gasteiger partial charge in [0.05, 0.1) is 6.61 Å². The van der Waals surface area contributed by atoms with E-state index in [9.17, 15) is 9.59 Å². The predicted octanol–water partition coefficient (Wildman–Crippen LogP) is 19.6. The van der Waals surface area contributed by atoms with Gasteiger partial charge in [-0.15, -0.1) is 0 Å². The number of rotatable bonds is 51. The minimum absolute atomic E-state index is 0.0545. The largest absolute Gasteiger partial charge is 0.462 e. The van der Waals surface area contributed by atoms with Crippen molar-refractivity contribution < 1.29 is 23.8 Å². The first-order chi connectivity index (χ1) is 33.6. The van der Waals surface area contributed by atoms with Gasteiger partial charge in [-0.3, -0.25) is 9.59 Å². The molecule has 68 heavy (non-hydrogen) atoms. The highest BCUT2D eigenvalue weighted by atomic mass is 16.6. The van der Waals surface area contributed by atoms with Gasteiger partial charge in [0.1, 0.15) is 6.61 Å². The smallest absolute Gasteiger partial charge is 0.306 e. The summed E-state index contributed by atoms with van der Waals surface area (Å²) in [4.78, 5) is 25.5. The van der Waals surface area contributed by atoms with E-state index < -0.39 is 6.10 Å². The van der Waals surface area contributed by atoms with Gasteiger partial charge in [-0.1, -0.05) is 220 Å². The zero-order valence-corrected chi connectivity index (χ0v) is 44.6. The van der Waals surface area contributed by atoms with Gasteiger partial charge in [0.15, 0.2) is 6.10 Å². The van der Waals surface area contributed by atoms with Gasteiger partial charge < -0.3 is 14.2 Å². The molecule has 0 saturated carbocycles. The fraction of sp³-hybridized carbons (Fsp3) is 0.683. The fourth-order valence-electron chi connectivity index (χ4n) is 7.54. The summed E-state index contributed by atoms with van der Waals surface area (Å²) in [6.45, 7) is 7.59. The van der Waals surface area contributed by atoms with E-state index >= 15 is 0 Å². The van der Waals surface area contributed by atoms with Crippen molar-refractivity contribution in [3.63, 3.8) is 0 Å². The Labute approximate surface area is 421 Å². The maximum atomic E-state index is 12.8. The third-order valence-corrected chi connectivity index (χ3v) is 11.8. The van der Waals surface area contributed by atoms with Crippen molar-refractivity contribution in [1.82, 2.24) is 0 Å². The summed E-state index contributed by atoms with van der Waals surface area (Å²) in [5.74, 6) is -0.461. The zero-order chi connectivity index (χ0) is 49.2. The quantitative estimate of drug-likeness (QED) is 0.0345. The van der Waals surface area contributed by atoms with Crippen molar-refractivity contribution in [2.45, 2.75) is 258 Å². The highest BCUT2D eigenvalue weighted by Crippen LogP contribution is 2.13. The number of hydrogen-bond acceptors (Lipinski definition) is 5. The molecule has 1 unspecified atom stereocenters. The third kappa shape index (κ3) is 55.2. The van der Waals surface area contributed by atoms with Crippen LogP contribution in [-0.4, -0.2) is 37.9 Å². The maximum Gasteiger partial charge on any atom is 0.306 e. The van der Waals surface area contributed by atoms with E-state index in [1.54, 1.807) is 0 Å². The normalized spacial score (nSPS) is 13.0. The lowest BCUT2D eigenvalue weighted by Crippen LogP contribution is -2.30. The third-order valence-electron chi connectivity index (χ3n) is 11.8. The number of carbonyl (C=O) groups is 2. The lowest BCUT2D eigenvalue weighted by Gasteiger charge is -2.18. The van der Waals surface area contributed by atoms with E-state index in [1.807, 2.05) is 0 Å². The molecule has 0 aliphatic rings. The fourth-order valence-corrected chi connectivity index (χ4v) is 7.54. The monoisotopic (exact) mass is 943 g/mol. The second-order valence-electron chi connectivity index (χ2n) is 18.4. The van der Waals surface area contributed by atoms with Crippen LogP contribution in [0.25, 0.3) is 0 Å². The lowest BCUT2D eigenvalue weighted by atomic mass is 10.1. The maximum absolute atomic E-state index is 12.8. The average molecular weight is 944 g/mol. The van der Waals surface area contributed by atoms with Crippen molar-refractivity contribution in [2.75, 3.05) is 19.8 Å². The molecule has 0 aromatic carbocycles. The molecule has 1 atom stereocenters. The molecule has 0 amide bonds. The first-order valence-corrected chi connectivity index (χ1v) is 28.4. The Morgan fingerprint density at radius 2 is 0.662 bits per heavy atom. The number of esters is 2. The first kappa shape index (κ1) is 64.6. The van der Waals surface area contributed by atoms with Crippen molar-refractivity contribution in [3.05, 3.63) is 109 Å². The summed E-state index contributed by atoms with van der Waals surface area (Å²) in [6, 6.07) is 0. The molecule has 0 spiro atoms. The van der Waals surface area contributed by atoms with Crippen LogP contribution in [-0.2, 0) is 23.8 Å². The molecule has 0 aliphatic carbocycles. The van der Waals surface area contributed by atoms with Crippen LogP contribution < -0.4 is 0 Å². The van der Waals surface area contributed by atoms with Crippen molar-refractivity contribution in [2.24, 2.45) is 0 Å². The van der Waals surface area contributed by atoms with Crippen LogP contribution in [0, 0.1) is 0 Å². The van der Waals surface area contributed by atoms with Gasteiger partial charge in [0.25, 0.3) is 0 Å². The van der Waals surface area contributed by atoms with Crippen LogP contribution >= 0.6 is 0 Å². The van der Waals surface area contributed by atoms with Crippen LogP contribution in [0.5, 0.6) is 0 Å². The molecule has 0 fully saturated rings. The highest BCUT2D eigenvalue weighted by Gasteiger charge is 2.17. The molecule has 5 nitrogen and oxygen atoms in total. The van der Waals surface area contributed by atoms with Crippen LogP contribution in [0.1, 0.15) is 252 Å². The van der Waals surface area contributed by atoms with Crippen LogP contribution in [0.2, 0.25) is 0 Å². The number of allylic oxidation sites excluding steroid dienone is 18. The van der Waals surface area contributed by atoms with Gasteiger partial charge in [-0.05, 0) is 128 Å². The molecule has 0 radical (unpaired) electrons. The molecule has 0 N–H and O–H groups in total. The number of unbranched alkanes of at least 4 members (excludes halogenated alkanes) is 22. The highest BCUT2D eigenvalue weighted by molar-refractivity contribution is 5.70. The molecular weight excluding hydrogens is 837 g/mol. The number of hydrogen-bond donors (Lipinski definition) is 0. The topological polar surface area (TPSA) is 61.8 Å². The van der Waals surface area contributed by atoms with E-state index in [4.69, 9.17) is 14.2 Å². The Kier molecular flexibility index (Phi) is 54.9. The summed E-state index contributed by atoms with van der Waals surface area (Å²) in [5.41, 5.74) is 0. The first-order valence-electron chi connectivity index (χ1n) is 28.4. The molecule has 0 saturated heterocycles. The summed E-state index contributed by atoms with van der Waals surface area (Å²) in [6.07, 6.45) is 79.6. The van der Waals surface area contributed by atoms with Crippen molar-refractivity contribution in [3.8, 4) is 0 Å². The van der Waals surface area contributed by atoms with Gasteiger partial charge in [0, 0.05) is 19.4 Å². The minimum atomic E-state index is -0.574. The van der Waals surface area contributed by atoms with Crippen molar-refractivity contribution >= 4 is 11.9 Å². The van der Waals surface area contributed by atoms with E-state index in [2.05, 4.69) is 130 Å². The van der Waals surface area contributed by atoms with Gasteiger partial charge >= 0.3 is 11.9 Å². The van der Waals surface area contributed by atoms with Gasteiger partial charge in [-0.2, -0.15) is 0 Å². The Balaban J connectivity index is 4.37. The Morgan fingerprint density at radius 3 is 1.09 bits per heavy atom. The molecular formula is C63H106O5. The summed E-state index contributed by atoms with van der Waals surface area (Å²) < 4.78 is 17.4. The summed E-state index contributed by atoms with van der Waals surface area (Å²) in [5, 5.41) is 0. The molecule has 0 aromatic rings. The molecule has 0 aromatic heterocycles. The molecule has 0 bridgehead atoms. The molecule has 5 heteroatoms. The number of carbonyl (C=O) groups excluding carboxylic acids is 2. The second-order valence-corrected chi connectivity index (χ2v) is 18.4. The standard InChI is InChI=1S/C63H106O5/c1-4-7-10-13-16-19-22-25-28-30-31-32-34-37-40-43-46-49-52-55-58-66-59-61(68-63(65)57-54-51-48-45-42-39-35-27-24-21-18-15-12-9-6-3)60-67-62(64)56-53-50-47-44-41-38-36-33-29-26-23-20-17-14-11-8-5-2/h9,12,16-21,25-29,31-32,35,42,45,61H,4-8,10-11,13-15,22-24,30,33-34,36-41,43-44,46-60H2,1-3H3/b12-9-,19-16-,20-17-,21-18-,28-25-,29-26-,32-31-,35-27-,45-42-. The Hall–Kier alpha value is -3.44. The van der Waals surface area contributed by atoms with E-state index in [0.717, 1.165) is 96.3 Å². The Morgan fingerprint density at radius 1 is 0.338 bits per heavy atom. The van der Waals surface area contributed by atoms with Gasteiger partial charge in [0.2, 0.25) is 0 Å². The zero-order valence-electron chi connectivity index (χ0n) is 44.6. The minimum Gasteiger partial charge on any atom is -0.462 e. The SMILES string of the molecule is CC/C=C\C/C=C\C/C=C\C/C=C\CCCCC(=O)OC(COCCCCCCCCC/C=C\C/C=C\C/C=C\CCCCC)COC(=O)CCCCCCCCC/C=C\C/C=C\CCCCC. The molecule has 0 aliphatic heterocycles. The molecule has 388 valence electrons. The van der Waals surface area contributed by atoms with Crippen molar-refractivity contribution in [1.29, 1.82) is 0 Å². The molecule has 0 heterocycles. The summed E-state index contributed by atoms with van der Waals surface area (Å²) in [7, 11) is 0. The van der Waals surface area contributed by atoms with E-state index in [0.29, 0.717) is 19.4 Å². The molecule has 0 rings (SSSR count). The average Bonchev–Trinajstić information content (AvgIpc) is 3.34. The van der Waals surface area contributed by atoms with E-state index in [-0.39, 0.29) is 25.2 Å².